The minimum atomic E-state index is -5.76. The Morgan fingerprint density at radius 1 is 1.06 bits per heavy atom. The Morgan fingerprint density at radius 3 is 2.31 bits per heavy atom. The zero-order valence-corrected chi connectivity index (χ0v) is 30.9. The van der Waals surface area contributed by atoms with E-state index in [2.05, 4.69) is 50.3 Å². The van der Waals surface area contributed by atoms with E-state index in [9.17, 15) is 38.2 Å². The van der Waals surface area contributed by atoms with Crippen molar-refractivity contribution in [2.24, 2.45) is 5.11 Å². The number of aliphatic hydroxyl groups excluding tert-OH is 1. The van der Waals surface area contributed by atoms with Crippen LogP contribution in [0.25, 0.3) is 21.5 Å². The number of nitrogens with one attached hydrogen (secondary N) is 2. The molecular formula is C25H39N8O18P3. The summed E-state index contributed by atoms with van der Waals surface area (Å²) >= 11 is 0. The van der Waals surface area contributed by atoms with E-state index in [4.69, 9.17) is 44.7 Å². The maximum atomic E-state index is 12.8. The number of amides is 1. The molecular weight excluding hydrogens is 793 g/mol. The Labute approximate surface area is 305 Å². The van der Waals surface area contributed by atoms with E-state index in [0.29, 0.717) is 39.6 Å². The quantitative estimate of drug-likeness (QED) is 0.0165. The van der Waals surface area contributed by atoms with Crippen LogP contribution in [0.1, 0.15) is 24.6 Å². The number of H-pyrrole nitrogens is 1. The van der Waals surface area contributed by atoms with Crippen molar-refractivity contribution >= 4 is 46.4 Å². The third kappa shape index (κ3) is 16.2. The van der Waals surface area contributed by atoms with Crippen molar-refractivity contribution in [2.75, 3.05) is 78.3 Å². The van der Waals surface area contributed by atoms with Crippen molar-refractivity contribution in [2.45, 2.75) is 31.3 Å². The number of anilines is 1. The van der Waals surface area contributed by atoms with Crippen LogP contribution in [-0.4, -0.2) is 130 Å². The number of phosphoric ester groups is 1. The fourth-order valence-corrected chi connectivity index (χ4v) is 7.47. The Morgan fingerprint density at radius 2 is 1.69 bits per heavy atom. The maximum Gasteiger partial charge on any atom is 0.490 e. The van der Waals surface area contributed by atoms with Crippen LogP contribution in [-0.2, 0) is 55.3 Å². The zero-order valence-electron chi connectivity index (χ0n) is 28.2. The molecule has 1 aliphatic rings. The second-order valence-corrected chi connectivity index (χ2v) is 15.1. The summed E-state index contributed by atoms with van der Waals surface area (Å²) in [5.41, 5.74) is 13.4. The van der Waals surface area contributed by atoms with E-state index in [-0.39, 0.29) is 67.6 Å². The minimum Gasteiger partial charge on any atom is -0.390 e. The number of ether oxygens (including phenoxy) is 5. The molecule has 0 saturated carbocycles. The van der Waals surface area contributed by atoms with E-state index in [1.165, 1.54) is 10.8 Å². The number of rotatable bonds is 24. The lowest BCUT2D eigenvalue weighted by Crippen LogP contribution is -2.26. The van der Waals surface area contributed by atoms with Crippen LogP contribution in [0.15, 0.2) is 16.1 Å². The van der Waals surface area contributed by atoms with Gasteiger partial charge in [-0.3, -0.25) is 19.1 Å². The van der Waals surface area contributed by atoms with Gasteiger partial charge < -0.3 is 64.0 Å². The van der Waals surface area contributed by atoms with Crippen LogP contribution in [0.2, 0.25) is 0 Å². The summed E-state index contributed by atoms with van der Waals surface area (Å²) < 4.78 is 74.6. The first-order valence-electron chi connectivity index (χ1n) is 15.6. The highest BCUT2D eigenvalue weighted by Crippen LogP contribution is 2.66. The van der Waals surface area contributed by atoms with Crippen LogP contribution in [0.4, 0.5) is 5.95 Å². The molecule has 1 saturated heterocycles. The van der Waals surface area contributed by atoms with Crippen molar-refractivity contribution in [3.05, 3.63) is 32.6 Å². The highest BCUT2D eigenvalue weighted by Gasteiger charge is 2.43. The predicted molar refractivity (Wildman–Crippen MR) is 181 cm³/mol. The van der Waals surface area contributed by atoms with Gasteiger partial charge in [-0.2, -0.15) is 13.6 Å². The molecule has 29 heteroatoms. The van der Waals surface area contributed by atoms with Crippen molar-refractivity contribution in [1.29, 1.82) is 0 Å². The zero-order chi connectivity index (χ0) is 39.8. The fraction of sp³-hybridized carbons (Fsp3) is 0.640. The molecule has 0 aromatic carbocycles. The number of hydrogen-bond acceptors (Lipinski definition) is 17. The summed E-state index contributed by atoms with van der Waals surface area (Å²) in [6, 6.07) is 0. The Kier molecular flexibility index (Phi) is 18.2. The van der Waals surface area contributed by atoms with Gasteiger partial charge in [-0.25, -0.2) is 13.7 Å². The van der Waals surface area contributed by atoms with Crippen LogP contribution >= 0.6 is 23.5 Å². The third-order valence-corrected chi connectivity index (χ3v) is 10.4. The molecule has 0 bridgehead atoms. The lowest BCUT2D eigenvalue weighted by Gasteiger charge is -2.19. The molecule has 2 aromatic rings. The van der Waals surface area contributed by atoms with Crippen molar-refractivity contribution in [3.8, 4) is 11.8 Å². The molecule has 3 heterocycles. The summed E-state index contributed by atoms with van der Waals surface area (Å²) in [5, 5.41) is 16.5. The summed E-state index contributed by atoms with van der Waals surface area (Å²) in [6.45, 7) is 1.65. The van der Waals surface area contributed by atoms with Gasteiger partial charge in [-0.1, -0.05) is 17.0 Å². The fourth-order valence-electron chi connectivity index (χ4n) is 4.44. The standard InChI is InChI=1S/C25H39N8O18P3/c26-25-30-23-22(24(36)31-25)17(2-1-4-28-20(35)3-6-44-8-10-46-12-13-47-11-9-45-7-5-29-32-27)15-33(23)21-14-18(34)19(49-21)16-48-53(40,41)51-54(42,43)50-52(37,38)39/h15,18-19,21,34H,3-14,16H2,(H,28,35)(H,40,41)(H,42,43)(H2,37,38,39)(H3,26,30,31,36)/t18-,19+,21+/m0/s1. The average molecular weight is 833 g/mol. The normalized spacial score (nSPS) is 19.4. The molecule has 1 aliphatic heterocycles. The molecule has 54 heavy (non-hydrogen) atoms. The molecule has 9 N–H and O–H groups in total. The summed E-state index contributed by atoms with van der Waals surface area (Å²) in [7, 11) is -16.9. The number of nitrogens with two attached hydrogens (primary N) is 1. The van der Waals surface area contributed by atoms with Gasteiger partial charge in [0.15, 0.2) is 5.65 Å². The molecule has 2 aromatic heterocycles. The third-order valence-electron chi connectivity index (χ3n) is 6.62. The topological polar surface area (TPSA) is 381 Å². The van der Waals surface area contributed by atoms with E-state index >= 15 is 0 Å². The molecule has 2 unspecified atom stereocenters. The van der Waals surface area contributed by atoms with Gasteiger partial charge in [0.1, 0.15) is 12.3 Å². The lowest BCUT2D eigenvalue weighted by molar-refractivity contribution is -0.122. The highest BCUT2D eigenvalue weighted by atomic mass is 31.3. The minimum absolute atomic E-state index is 0.00560. The van der Waals surface area contributed by atoms with Gasteiger partial charge in [-0.05, 0) is 5.53 Å². The molecule has 0 radical (unpaired) electrons. The van der Waals surface area contributed by atoms with Crippen LogP contribution < -0.4 is 16.6 Å². The smallest absolute Gasteiger partial charge is 0.390 e. The largest absolute Gasteiger partial charge is 0.490 e. The number of azide groups is 1. The van der Waals surface area contributed by atoms with Crippen molar-refractivity contribution in [1.82, 2.24) is 19.9 Å². The Hall–Kier alpha value is -3.27. The van der Waals surface area contributed by atoms with E-state index in [0.717, 1.165) is 0 Å². The Balaban J connectivity index is 1.45. The van der Waals surface area contributed by atoms with E-state index in [1.807, 2.05) is 0 Å². The van der Waals surface area contributed by atoms with Gasteiger partial charge in [0, 0.05) is 30.5 Å². The van der Waals surface area contributed by atoms with Gasteiger partial charge in [-0.15, -0.1) is 0 Å². The van der Waals surface area contributed by atoms with Crippen LogP contribution in [0.3, 0.4) is 0 Å². The van der Waals surface area contributed by atoms with Gasteiger partial charge >= 0.3 is 23.5 Å². The first kappa shape index (κ1) is 45.1. The highest BCUT2D eigenvalue weighted by molar-refractivity contribution is 7.66. The van der Waals surface area contributed by atoms with E-state index in [1.54, 1.807) is 0 Å². The van der Waals surface area contributed by atoms with Crippen molar-refractivity contribution < 1.29 is 80.0 Å². The summed E-state index contributed by atoms with van der Waals surface area (Å²) in [5.74, 6) is 4.87. The van der Waals surface area contributed by atoms with Gasteiger partial charge in [0.05, 0.1) is 83.1 Å². The number of aliphatic hydroxyl groups is 1. The molecule has 0 spiro atoms. The lowest BCUT2D eigenvalue weighted by atomic mass is 10.2. The number of nitrogens with zero attached hydrogens (tertiary/aromatic N) is 5. The number of nitrogen functional groups attached to an aromatic ring is 1. The molecule has 26 nitrogen and oxygen atoms in total. The summed E-state index contributed by atoms with van der Waals surface area (Å²) in [4.78, 5) is 70.4. The van der Waals surface area contributed by atoms with Gasteiger partial charge in [0.25, 0.3) is 5.56 Å². The second-order valence-electron chi connectivity index (χ2n) is 10.7. The summed E-state index contributed by atoms with van der Waals surface area (Å²) in [6.07, 6.45) is -2.59. The number of carbonyl (C=O) groups is 1. The molecule has 3 rings (SSSR count). The number of fused-ring (bicyclic) bond motifs is 1. The molecule has 1 amide bonds. The van der Waals surface area contributed by atoms with E-state index < -0.39 is 54.1 Å². The van der Waals surface area contributed by atoms with Crippen LogP contribution in [0.5, 0.6) is 0 Å². The molecule has 5 atom stereocenters. The molecule has 1 fully saturated rings. The predicted octanol–water partition coefficient (Wildman–Crippen LogP) is -0.467. The SMILES string of the molecule is [N-]=[N+]=NCCOCCOCCOCCOCCC(=O)NCC#Cc1cn([C@H]2C[C@H](O)[C@@H](COP(=O)(O)OP(=O)(O)OP(=O)(O)O)O2)c2nc(N)[nH]c(=O)c12. The first-order chi connectivity index (χ1) is 25.5. The number of aromatic amines is 1. The van der Waals surface area contributed by atoms with Crippen LogP contribution in [0, 0.1) is 11.8 Å². The monoisotopic (exact) mass is 832 g/mol. The maximum absolute atomic E-state index is 12.8. The van der Waals surface area contributed by atoms with Crippen molar-refractivity contribution in [3.63, 3.8) is 0 Å². The average Bonchev–Trinajstić information content (AvgIpc) is 3.61. The second kappa shape index (κ2) is 21.7. The number of hydrogen-bond donors (Lipinski definition) is 8. The molecule has 302 valence electrons. The molecule has 0 aliphatic carbocycles. The number of carbonyl (C=O) groups excluding carboxylic acids is 1. The Bertz CT molecular complexity index is 1870. The van der Waals surface area contributed by atoms with Gasteiger partial charge in [0.2, 0.25) is 11.9 Å². The first-order valence-corrected chi connectivity index (χ1v) is 20.1. The number of phosphoric acid groups is 3. The number of aromatic nitrogens is 3.